The molecule has 0 atom stereocenters. The summed E-state index contributed by atoms with van der Waals surface area (Å²) in [5.41, 5.74) is 0. The van der Waals surface area contributed by atoms with E-state index in [2.05, 4.69) is 6.92 Å². The average molecular weight is 171 g/mol. The Kier molecular flexibility index (Phi) is 5.67. The molecule has 0 fully saturated rings. The molecular weight excluding hydrogens is 158 g/mol. The van der Waals surface area contributed by atoms with E-state index in [9.17, 15) is 0 Å². The Balaban J connectivity index is 3.78. The number of hydrogen-bond donors (Lipinski definition) is 1. The summed E-state index contributed by atoms with van der Waals surface area (Å²) >= 11 is 1.29. The molecule has 0 aromatic heterocycles. The van der Waals surface area contributed by atoms with E-state index in [4.69, 9.17) is 10.7 Å². The monoisotopic (exact) mass is 171 g/mol. The van der Waals surface area contributed by atoms with Crippen LogP contribution in [0.15, 0.2) is 0 Å². The van der Waals surface area contributed by atoms with E-state index in [1.54, 1.807) is 6.26 Å². The van der Waals surface area contributed by atoms with E-state index in [1.165, 1.54) is 16.7 Å². The molecule has 0 aromatic rings. The molecule has 1 N–H and O–H groups in total. The van der Waals surface area contributed by atoms with E-state index >= 15 is 0 Å². The van der Waals surface area contributed by atoms with Crippen molar-refractivity contribution >= 4 is 16.9 Å². The maximum Gasteiger partial charge on any atom is 0.185 e. The highest BCUT2D eigenvalue weighted by atomic mass is 32.2. The molecule has 11 heavy (non-hydrogen) atoms. The predicted molar refractivity (Wildman–Crippen MR) is 48.5 cm³/mol. The molecule has 0 aromatic carbocycles. The summed E-state index contributed by atoms with van der Waals surface area (Å²) in [5, 5.41) is 16.2. The third-order valence-corrected chi connectivity index (χ3v) is 1.90. The SMILES string of the molecule is CCCCN(C#N)C(=N)SC. The lowest BCUT2D eigenvalue weighted by Crippen LogP contribution is -2.23. The summed E-state index contributed by atoms with van der Waals surface area (Å²) in [6.07, 6.45) is 5.80. The zero-order valence-corrected chi connectivity index (χ0v) is 7.74. The molecule has 0 rings (SSSR count). The Morgan fingerprint density at radius 2 is 2.36 bits per heavy atom. The van der Waals surface area contributed by atoms with Gasteiger partial charge in [-0.15, -0.1) is 0 Å². The first-order valence-corrected chi connectivity index (χ1v) is 4.78. The summed E-state index contributed by atoms with van der Waals surface area (Å²) in [7, 11) is 0. The molecule has 0 bridgehead atoms. The molecule has 0 spiro atoms. The number of nitriles is 1. The van der Waals surface area contributed by atoms with Crippen molar-refractivity contribution in [1.29, 1.82) is 10.7 Å². The summed E-state index contributed by atoms with van der Waals surface area (Å²) in [4.78, 5) is 1.41. The van der Waals surface area contributed by atoms with E-state index in [-0.39, 0.29) is 0 Å². The Bertz CT molecular complexity index is 162. The maximum atomic E-state index is 8.58. The van der Waals surface area contributed by atoms with Crippen molar-refractivity contribution in [3.63, 3.8) is 0 Å². The summed E-state index contributed by atoms with van der Waals surface area (Å²) < 4.78 is 0. The van der Waals surface area contributed by atoms with Crippen molar-refractivity contribution in [2.45, 2.75) is 19.8 Å². The minimum atomic E-state index is 0.334. The van der Waals surface area contributed by atoms with Crippen molar-refractivity contribution in [3.05, 3.63) is 0 Å². The summed E-state index contributed by atoms with van der Waals surface area (Å²) in [6.45, 7) is 2.74. The van der Waals surface area contributed by atoms with Crippen LogP contribution in [0.2, 0.25) is 0 Å². The van der Waals surface area contributed by atoms with Gasteiger partial charge in [0, 0.05) is 6.54 Å². The van der Waals surface area contributed by atoms with Gasteiger partial charge in [-0.25, -0.2) is 0 Å². The quantitative estimate of drug-likeness (QED) is 0.305. The van der Waals surface area contributed by atoms with Gasteiger partial charge in [-0.1, -0.05) is 25.1 Å². The number of amidine groups is 1. The van der Waals surface area contributed by atoms with Crippen molar-refractivity contribution < 1.29 is 0 Å². The van der Waals surface area contributed by atoms with E-state index in [0.29, 0.717) is 11.7 Å². The first-order chi connectivity index (χ1) is 5.26. The van der Waals surface area contributed by atoms with E-state index in [0.717, 1.165) is 12.8 Å². The van der Waals surface area contributed by atoms with E-state index < -0.39 is 0 Å². The third-order valence-electron chi connectivity index (χ3n) is 1.29. The molecule has 0 aliphatic rings. The van der Waals surface area contributed by atoms with Crippen LogP contribution >= 0.6 is 11.8 Å². The van der Waals surface area contributed by atoms with Crippen LogP contribution in [0, 0.1) is 16.9 Å². The van der Waals surface area contributed by atoms with Crippen LogP contribution in [0.3, 0.4) is 0 Å². The number of unbranched alkanes of at least 4 members (excludes halogenated alkanes) is 1. The second-order valence-corrected chi connectivity index (χ2v) is 2.91. The van der Waals surface area contributed by atoms with Gasteiger partial charge in [-0.2, -0.15) is 5.26 Å². The maximum absolute atomic E-state index is 8.58. The molecule has 3 nitrogen and oxygen atoms in total. The highest BCUT2D eigenvalue weighted by Crippen LogP contribution is 2.02. The number of nitrogens with one attached hydrogen (secondary N) is 1. The fraction of sp³-hybridized carbons (Fsp3) is 0.714. The Morgan fingerprint density at radius 1 is 1.73 bits per heavy atom. The minimum absolute atomic E-state index is 0.334. The lowest BCUT2D eigenvalue weighted by atomic mass is 10.3. The van der Waals surface area contributed by atoms with Gasteiger partial charge in [0.2, 0.25) is 0 Å². The molecule has 0 aliphatic heterocycles. The fourth-order valence-electron chi connectivity index (χ4n) is 0.623. The van der Waals surface area contributed by atoms with Crippen LogP contribution in [0.25, 0.3) is 0 Å². The molecule has 0 radical (unpaired) electrons. The van der Waals surface area contributed by atoms with Gasteiger partial charge >= 0.3 is 0 Å². The summed E-state index contributed by atoms with van der Waals surface area (Å²) in [6, 6.07) is 0. The zero-order chi connectivity index (χ0) is 8.69. The zero-order valence-electron chi connectivity index (χ0n) is 6.92. The highest BCUT2D eigenvalue weighted by molar-refractivity contribution is 8.13. The second-order valence-electron chi connectivity index (χ2n) is 2.11. The van der Waals surface area contributed by atoms with Gasteiger partial charge in [0.1, 0.15) is 0 Å². The molecular formula is C7H13N3S. The predicted octanol–water partition coefficient (Wildman–Crippen LogP) is 1.87. The molecule has 62 valence electrons. The Hall–Kier alpha value is -0.690. The standard InChI is InChI=1S/C7H13N3S/c1-3-4-5-10(6-8)7(9)11-2/h9H,3-5H2,1-2H3. The van der Waals surface area contributed by atoms with Crippen molar-refractivity contribution in [3.8, 4) is 6.19 Å². The van der Waals surface area contributed by atoms with Crippen molar-refractivity contribution in [1.82, 2.24) is 4.90 Å². The average Bonchev–Trinajstić information content (AvgIpc) is 2.05. The van der Waals surface area contributed by atoms with Crippen molar-refractivity contribution in [2.24, 2.45) is 0 Å². The normalized spacial score (nSPS) is 8.82. The van der Waals surface area contributed by atoms with Gasteiger partial charge in [0.15, 0.2) is 11.4 Å². The lowest BCUT2D eigenvalue weighted by molar-refractivity contribution is 0.549. The third kappa shape index (κ3) is 3.89. The lowest BCUT2D eigenvalue weighted by Gasteiger charge is -2.12. The van der Waals surface area contributed by atoms with Crippen LogP contribution in [-0.2, 0) is 0 Å². The number of nitrogens with zero attached hydrogens (tertiary/aromatic N) is 2. The number of thioether (sulfide) groups is 1. The van der Waals surface area contributed by atoms with Crippen LogP contribution in [0.4, 0.5) is 0 Å². The first kappa shape index (κ1) is 10.3. The fourth-order valence-corrected chi connectivity index (χ4v) is 0.976. The summed E-state index contributed by atoms with van der Waals surface area (Å²) in [5.74, 6) is 0. The minimum Gasteiger partial charge on any atom is -0.278 e. The molecule has 0 saturated heterocycles. The van der Waals surface area contributed by atoms with Crippen LogP contribution < -0.4 is 0 Å². The van der Waals surface area contributed by atoms with Crippen LogP contribution in [0.5, 0.6) is 0 Å². The van der Waals surface area contributed by atoms with Gasteiger partial charge in [0.25, 0.3) is 0 Å². The van der Waals surface area contributed by atoms with Crippen LogP contribution in [0.1, 0.15) is 19.8 Å². The number of hydrogen-bond acceptors (Lipinski definition) is 3. The largest absolute Gasteiger partial charge is 0.278 e. The van der Waals surface area contributed by atoms with Gasteiger partial charge in [-0.3, -0.25) is 10.3 Å². The number of rotatable bonds is 3. The molecule has 4 heteroatoms. The van der Waals surface area contributed by atoms with Gasteiger partial charge in [0.05, 0.1) is 0 Å². The molecule has 0 aliphatic carbocycles. The Morgan fingerprint density at radius 3 is 2.73 bits per heavy atom. The highest BCUT2D eigenvalue weighted by Gasteiger charge is 2.05. The first-order valence-electron chi connectivity index (χ1n) is 3.56. The topological polar surface area (TPSA) is 50.9 Å². The molecule has 0 heterocycles. The van der Waals surface area contributed by atoms with Gasteiger partial charge in [-0.05, 0) is 12.7 Å². The van der Waals surface area contributed by atoms with Crippen LogP contribution in [-0.4, -0.2) is 22.9 Å². The van der Waals surface area contributed by atoms with Gasteiger partial charge < -0.3 is 0 Å². The Labute approximate surface area is 71.9 Å². The molecule has 0 saturated carbocycles. The smallest absolute Gasteiger partial charge is 0.185 e. The van der Waals surface area contributed by atoms with Crippen molar-refractivity contribution in [2.75, 3.05) is 12.8 Å². The second kappa shape index (κ2) is 6.05. The molecule has 0 amide bonds. The molecule has 0 unspecified atom stereocenters. The van der Waals surface area contributed by atoms with E-state index in [1.807, 2.05) is 6.19 Å².